The van der Waals surface area contributed by atoms with Gasteiger partial charge in [0.15, 0.2) is 10.5 Å². The third-order valence-electron chi connectivity index (χ3n) is 2.46. The van der Waals surface area contributed by atoms with Gasteiger partial charge in [-0.1, -0.05) is 0 Å². The Morgan fingerprint density at radius 3 is 2.47 bits per heavy atom. The molecule has 88 valence electrons. The lowest BCUT2D eigenvalue weighted by Crippen LogP contribution is -2.01. The summed E-state index contributed by atoms with van der Waals surface area (Å²) in [7, 11) is 1.69. The second-order valence-corrected chi connectivity index (χ2v) is 3.95. The molecule has 3 N–H and O–H groups in total. The van der Waals surface area contributed by atoms with E-state index in [1.165, 1.54) is 12.1 Å². The van der Waals surface area contributed by atoms with E-state index in [1.807, 2.05) is 0 Å². The smallest absolute Gasteiger partial charge is 0.354 e. The van der Waals surface area contributed by atoms with Crippen molar-refractivity contribution in [3.05, 3.63) is 34.7 Å². The lowest BCUT2D eigenvalue weighted by molar-refractivity contribution is 0.0692. The van der Waals surface area contributed by atoms with Crippen LogP contribution < -0.4 is 0 Å². The molecule has 0 saturated carbocycles. The molecule has 1 aromatic heterocycles. The number of carboxylic acids is 1. The Bertz CT molecular complexity index is 625. The van der Waals surface area contributed by atoms with E-state index in [9.17, 15) is 9.90 Å². The summed E-state index contributed by atoms with van der Waals surface area (Å²) in [5.41, 5.74) is 1.21. The predicted octanol–water partition coefficient (Wildman–Crippen LogP) is 2.15. The van der Waals surface area contributed by atoms with Crippen LogP contribution in [0.2, 0.25) is 0 Å². The van der Waals surface area contributed by atoms with Crippen molar-refractivity contribution in [2.24, 2.45) is 7.05 Å². The standard InChI is InChI=1S/C11H10N2O3S/c1-13-9(6-2-4-7(14)5-3-6)8(10(15)16)12-11(13)17/h2-5,14H,1H3,(H,12,17)(H,15,16). The highest BCUT2D eigenvalue weighted by Crippen LogP contribution is 2.25. The molecule has 6 heteroatoms. The maximum atomic E-state index is 11.1. The molecule has 5 nitrogen and oxygen atoms in total. The van der Waals surface area contributed by atoms with Gasteiger partial charge in [-0.15, -0.1) is 0 Å². The van der Waals surface area contributed by atoms with Gasteiger partial charge in [0.25, 0.3) is 0 Å². The zero-order valence-corrected chi connectivity index (χ0v) is 9.78. The number of hydrogen-bond acceptors (Lipinski definition) is 3. The molecule has 1 aromatic carbocycles. The van der Waals surface area contributed by atoms with Gasteiger partial charge < -0.3 is 19.8 Å². The molecule has 1 heterocycles. The van der Waals surface area contributed by atoms with Crippen LogP contribution >= 0.6 is 12.2 Å². The van der Waals surface area contributed by atoms with Crippen molar-refractivity contribution in [2.45, 2.75) is 0 Å². The predicted molar refractivity (Wildman–Crippen MR) is 64.7 cm³/mol. The number of imidazole rings is 1. The molecule has 0 aliphatic rings. The van der Waals surface area contributed by atoms with E-state index < -0.39 is 5.97 Å². The molecular formula is C11H10N2O3S. The van der Waals surface area contributed by atoms with E-state index in [4.69, 9.17) is 17.3 Å². The Balaban J connectivity index is 2.69. The van der Waals surface area contributed by atoms with E-state index in [-0.39, 0.29) is 11.4 Å². The molecule has 0 aliphatic heterocycles. The Morgan fingerprint density at radius 1 is 1.35 bits per heavy atom. The number of nitrogens with zero attached hydrogens (tertiary/aromatic N) is 1. The molecule has 0 fully saturated rings. The van der Waals surface area contributed by atoms with Crippen molar-refractivity contribution in [3.63, 3.8) is 0 Å². The zero-order valence-electron chi connectivity index (χ0n) is 8.97. The van der Waals surface area contributed by atoms with Crippen LogP contribution in [0.5, 0.6) is 5.75 Å². The molecule has 0 saturated heterocycles. The first kappa shape index (κ1) is 11.4. The van der Waals surface area contributed by atoms with Crippen LogP contribution in [0.3, 0.4) is 0 Å². The summed E-state index contributed by atoms with van der Waals surface area (Å²) in [6.45, 7) is 0. The van der Waals surface area contributed by atoms with Crippen molar-refractivity contribution in [1.29, 1.82) is 0 Å². The summed E-state index contributed by atoms with van der Waals surface area (Å²) in [4.78, 5) is 13.7. The maximum absolute atomic E-state index is 11.1. The second-order valence-electron chi connectivity index (χ2n) is 3.56. The monoisotopic (exact) mass is 250 g/mol. The molecule has 17 heavy (non-hydrogen) atoms. The van der Waals surface area contributed by atoms with Gasteiger partial charge in [-0.05, 0) is 36.5 Å². The minimum atomic E-state index is -1.07. The number of aromatic carboxylic acids is 1. The summed E-state index contributed by atoms with van der Waals surface area (Å²) in [5.74, 6) is -0.942. The number of hydrogen-bond donors (Lipinski definition) is 3. The fraction of sp³-hybridized carbons (Fsp3) is 0.0909. The molecule has 0 atom stereocenters. The quantitative estimate of drug-likeness (QED) is 0.714. The summed E-state index contributed by atoms with van der Waals surface area (Å²) in [6, 6.07) is 6.27. The zero-order chi connectivity index (χ0) is 12.6. The lowest BCUT2D eigenvalue weighted by Gasteiger charge is -2.04. The van der Waals surface area contributed by atoms with Crippen molar-refractivity contribution in [2.75, 3.05) is 0 Å². The SMILES string of the molecule is Cn1c(-c2ccc(O)cc2)c(C(=O)O)[nH]c1=S. The highest BCUT2D eigenvalue weighted by Gasteiger charge is 2.17. The summed E-state index contributed by atoms with van der Waals surface area (Å²) < 4.78 is 1.93. The van der Waals surface area contributed by atoms with Crippen LogP contribution in [0, 0.1) is 4.77 Å². The van der Waals surface area contributed by atoms with Gasteiger partial charge in [0, 0.05) is 12.6 Å². The van der Waals surface area contributed by atoms with Gasteiger partial charge in [0.05, 0.1) is 5.69 Å². The molecular weight excluding hydrogens is 240 g/mol. The number of phenols is 1. The van der Waals surface area contributed by atoms with Crippen molar-refractivity contribution in [3.8, 4) is 17.0 Å². The highest BCUT2D eigenvalue weighted by atomic mass is 32.1. The Hall–Kier alpha value is -2.08. The minimum absolute atomic E-state index is 0.0446. The first-order valence-electron chi connectivity index (χ1n) is 4.82. The van der Waals surface area contributed by atoms with Gasteiger partial charge in [0.2, 0.25) is 0 Å². The Kier molecular flexibility index (Phi) is 2.72. The van der Waals surface area contributed by atoms with E-state index in [1.54, 1.807) is 23.7 Å². The van der Waals surface area contributed by atoms with Crippen LogP contribution in [0.15, 0.2) is 24.3 Å². The topological polar surface area (TPSA) is 78.2 Å². The Labute approximate surface area is 102 Å². The first-order chi connectivity index (χ1) is 8.00. The summed E-state index contributed by atoms with van der Waals surface area (Å²) in [5, 5.41) is 18.3. The molecule has 0 bridgehead atoms. The van der Waals surface area contributed by atoms with Gasteiger partial charge in [-0.2, -0.15) is 0 Å². The van der Waals surface area contributed by atoms with Gasteiger partial charge in [-0.25, -0.2) is 4.79 Å². The number of phenolic OH excluding ortho intramolecular Hbond substituents is 1. The van der Waals surface area contributed by atoms with Crippen LogP contribution in [0.25, 0.3) is 11.3 Å². The molecule has 2 aromatic rings. The first-order valence-corrected chi connectivity index (χ1v) is 5.23. The van der Waals surface area contributed by atoms with Crippen molar-refractivity contribution >= 4 is 18.2 Å². The number of carbonyl (C=O) groups is 1. The molecule has 0 radical (unpaired) electrons. The van der Waals surface area contributed by atoms with E-state index in [0.29, 0.717) is 16.0 Å². The fourth-order valence-corrected chi connectivity index (χ4v) is 1.82. The van der Waals surface area contributed by atoms with E-state index in [2.05, 4.69) is 4.98 Å². The number of aromatic hydroxyl groups is 1. The van der Waals surface area contributed by atoms with E-state index >= 15 is 0 Å². The number of H-pyrrole nitrogens is 1. The molecule has 0 spiro atoms. The summed E-state index contributed by atoms with van der Waals surface area (Å²) in [6.07, 6.45) is 0. The fourth-order valence-electron chi connectivity index (χ4n) is 1.63. The average molecular weight is 250 g/mol. The third-order valence-corrected chi connectivity index (χ3v) is 2.84. The maximum Gasteiger partial charge on any atom is 0.354 e. The third kappa shape index (κ3) is 1.94. The van der Waals surface area contributed by atoms with Crippen LogP contribution in [-0.4, -0.2) is 25.7 Å². The van der Waals surface area contributed by atoms with Crippen molar-refractivity contribution in [1.82, 2.24) is 9.55 Å². The second kappa shape index (κ2) is 4.06. The largest absolute Gasteiger partial charge is 0.508 e. The van der Waals surface area contributed by atoms with Gasteiger partial charge in [-0.3, -0.25) is 0 Å². The van der Waals surface area contributed by atoms with Crippen LogP contribution in [0.4, 0.5) is 0 Å². The number of rotatable bonds is 2. The number of carboxylic acid groups (broad SMARTS) is 1. The highest BCUT2D eigenvalue weighted by molar-refractivity contribution is 7.71. The number of nitrogens with one attached hydrogen (secondary N) is 1. The van der Waals surface area contributed by atoms with Crippen molar-refractivity contribution < 1.29 is 15.0 Å². The molecule has 0 unspecified atom stereocenters. The average Bonchev–Trinajstić information content (AvgIpc) is 2.57. The molecule has 2 rings (SSSR count). The number of benzene rings is 1. The number of aromatic nitrogens is 2. The normalized spacial score (nSPS) is 10.4. The molecule has 0 amide bonds. The van der Waals surface area contributed by atoms with Crippen LogP contribution in [0.1, 0.15) is 10.5 Å². The molecule has 0 aliphatic carbocycles. The minimum Gasteiger partial charge on any atom is -0.508 e. The van der Waals surface area contributed by atoms with E-state index in [0.717, 1.165) is 0 Å². The number of aromatic amines is 1. The Morgan fingerprint density at radius 2 is 1.94 bits per heavy atom. The van der Waals surface area contributed by atoms with Gasteiger partial charge in [0.1, 0.15) is 5.75 Å². The summed E-state index contributed by atoms with van der Waals surface area (Å²) >= 11 is 5.00. The van der Waals surface area contributed by atoms with Crippen LogP contribution in [-0.2, 0) is 7.05 Å². The lowest BCUT2D eigenvalue weighted by atomic mass is 10.1. The van der Waals surface area contributed by atoms with Gasteiger partial charge >= 0.3 is 5.97 Å².